The molecule has 1 fully saturated rings. The van der Waals surface area contributed by atoms with E-state index >= 15 is 4.39 Å². The number of nitrogens with zero attached hydrogens (tertiary/aromatic N) is 2. The van der Waals surface area contributed by atoms with Crippen LogP contribution in [0.25, 0.3) is 0 Å². The van der Waals surface area contributed by atoms with E-state index in [1.165, 1.54) is 59.6 Å². The number of carbonyl (C=O) groups excluding carboxylic acids is 3. The van der Waals surface area contributed by atoms with Crippen LogP contribution >= 0.6 is 0 Å². The predicted octanol–water partition coefficient (Wildman–Crippen LogP) is 6.05. The number of hydrogen-bond acceptors (Lipinski definition) is 8. The van der Waals surface area contributed by atoms with Gasteiger partial charge in [-0.3, -0.25) is 19.5 Å². The Morgan fingerprint density at radius 3 is 2.18 bits per heavy atom. The molecular weight excluding hydrogens is 639 g/mol. The number of rotatable bonds is 13. The molecule has 264 valence electrons. The van der Waals surface area contributed by atoms with Crippen LogP contribution < -0.4 is 5.73 Å². The summed E-state index contributed by atoms with van der Waals surface area (Å²) in [5, 5.41) is 0. The summed E-state index contributed by atoms with van der Waals surface area (Å²) in [5.74, 6) is -3.03. The first kappa shape index (κ1) is 37.5. The van der Waals surface area contributed by atoms with Crippen LogP contribution in [-0.2, 0) is 36.6 Å². The molecule has 1 aliphatic rings. The van der Waals surface area contributed by atoms with Gasteiger partial charge in [0.1, 0.15) is 29.7 Å². The van der Waals surface area contributed by atoms with E-state index in [9.17, 15) is 23.2 Å². The van der Waals surface area contributed by atoms with Crippen molar-refractivity contribution >= 4 is 17.8 Å². The van der Waals surface area contributed by atoms with Crippen LogP contribution in [-0.4, -0.2) is 71.3 Å². The smallest absolute Gasteiger partial charge is 0.410 e. The van der Waals surface area contributed by atoms with Crippen LogP contribution in [0.5, 0.6) is 0 Å². The molecular formula is C37H44F3N3O6. The van der Waals surface area contributed by atoms with Gasteiger partial charge in [0.15, 0.2) is 5.78 Å². The van der Waals surface area contributed by atoms with Gasteiger partial charge in [0.2, 0.25) is 0 Å². The Balaban J connectivity index is 1.48. The van der Waals surface area contributed by atoms with Gasteiger partial charge in [0, 0.05) is 25.0 Å². The predicted molar refractivity (Wildman–Crippen MR) is 176 cm³/mol. The standard InChI is InChI=1S/C37H44F3N3O6/c1-5-6-33(45)48-22-28-21-47-29(20-43(28)36(46)49-37(2,3)4)15-16-30-25(18-42-19-31(30)40)17-32(44)35(41)34(23-7-11-26(38)12-8-23)24-9-13-27(39)14-10-24/h7-14,18-19,28-29,34-35H,5-6,15-17,20-22,41H2,1-4H3/t28-,29?,35+/m0/s1. The van der Waals surface area contributed by atoms with E-state index in [0.717, 1.165) is 6.20 Å². The van der Waals surface area contributed by atoms with Crippen molar-refractivity contribution in [1.82, 2.24) is 9.88 Å². The fourth-order valence-electron chi connectivity index (χ4n) is 5.76. The molecule has 1 aliphatic heterocycles. The number of carbonyl (C=O) groups is 3. The van der Waals surface area contributed by atoms with Gasteiger partial charge >= 0.3 is 12.1 Å². The number of ketones is 1. The Kier molecular flexibility index (Phi) is 12.9. The Morgan fingerprint density at radius 2 is 1.61 bits per heavy atom. The maximum Gasteiger partial charge on any atom is 0.410 e. The molecule has 3 aromatic rings. The molecule has 2 N–H and O–H groups in total. The molecule has 1 unspecified atom stereocenters. The zero-order valence-electron chi connectivity index (χ0n) is 28.3. The van der Waals surface area contributed by atoms with Gasteiger partial charge in [-0.25, -0.2) is 18.0 Å². The summed E-state index contributed by atoms with van der Waals surface area (Å²) in [6.07, 6.45) is 2.52. The molecule has 4 rings (SSSR count). The van der Waals surface area contributed by atoms with Gasteiger partial charge in [-0.1, -0.05) is 31.2 Å². The maximum absolute atomic E-state index is 15.3. The van der Waals surface area contributed by atoms with Crippen molar-refractivity contribution in [2.45, 2.75) is 89.5 Å². The normalized spacial score (nSPS) is 17.1. The molecule has 2 heterocycles. The third-order valence-electron chi connectivity index (χ3n) is 8.25. The number of nitrogens with two attached hydrogens (primary N) is 1. The van der Waals surface area contributed by atoms with E-state index in [1.54, 1.807) is 20.8 Å². The van der Waals surface area contributed by atoms with Crippen molar-refractivity contribution in [3.05, 3.63) is 101 Å². The van der Waals surface area contributed by atoms with Gasteiger partial charge in [0.25, 0.3) is 0 Å². The SMILES string of the molecule is CCCC(=O)OC[C@@H]1COC(CCc2c(F)cncc2CC(=O)[C@@H](N)C(c2ccc(F)cc2)c2ccc(F)cc2)CN1C(=O)OC(C)(C)C. The first-order valence-corrected chi connectivity index (χ1v) is 16.4. The third-order valence-corrected chi connectivity index (χ3v) is 8.25. The quantitative estimate of drug-likeness (QED) is 0.216. The molecule has 49 heavy (non-hydrogen) atoms. The van der Waals surface area contributed by atoms with Crippen LogP contribution in [0.1, 0.15) is 75.1 Å². The Morgan fingerprint density at radius 1 is 1.00 bits per heavy atom. The highest BCUT2D eigenvalue weighted by molar-refractivity contribution is 5.87. The number of pyridine rings is 1. The lowest BCUT2D eigenvalue weighted by molar-refractivity contribution is -0.149. The van der Waals surface area contributed by atoms with Crippen molar-refractivity contribution in [2.24, 2.45) is 5.73 Å². The van der Waals surface area contributed by atoms with Crippen molar-refractivity contribution in [2.75, 3.05) is 19.8 Å². The Hall–Kier alpha value is -4.29. The molecule has 0 saturated carbocycles. The largest absolute Gasteiger partial charge is 0.463 e. The van der Waals surface area contributed by atoms with Gasteiger partial charge in [0.05, 0.1) is 37.5 Å². The summed E-state index contributed by atoms with van der Waals surface area (Å²) in [6, 6.07) is 9.45. The monoisotopic (exact) mass is 683 g/mol. The highest BCUT2D eigenvalue weighted by Crippen LogP contribution is 2.30. The number of benzene rings is 2. The summed E-state index contributed by atoms with van der Waals surface area (Å²) < 4.78 is 59.7. The highest BCUT2D eigenvalue weighted by atomic mass is 19.1. The summed E-state index contributed by atoms with van der Waals surface area (Å²) in [5.41, 5.74) is 7.51. The second-order valence-corrected chi connectivity index (χ2v) is 13.2. The molecule has 9 nitrogen and oxygen atoms in total. The zero-order valence-corrected chi connectivity index (χ0v) is 28.3. The van der Waals surface area contributed by atoms with Crippen LogP contribution in [0.15, 0.2) is 60.9 Å². The minimum atomic E-state index is -1.13. The molecule has 0 aliphatic carbocycles. The van der Waals surface area contributed by atoms with Crippen LogP contribution in [0, 0.1) is 17.5 Å². The minimum absolute atomic E-state index is 0.0485. The van der Waals surface area contributed by atoms with E-state index in [-0.39, 0.29) is 50.6 Å². The summed E-state index contributed by atoms with van der Waals surface area (Å²) >= 11 is 0. The van der Waals surface area contributed by atoms with Crippen molar-refractivity contribution in [3.63, 3.8) is 0 Å². The fourth-order valence-corrected chi connectivity index (χ4v) is 5.76. The first-order valence-electron chi connectivity index (χ1n) is 16.4. The number of Topliss-reactive ketones (excluding diaryl/α,β-unsaturated/α-hetero) is 1. The van der Waals surface area contributed by atoms with E-state index in [4.69, 9.17) is 19.9 Å². The second-order valence-electron chi connectivity index (χ2n) is 13.2. The number of hydrogen-bond donors (Lipinski definition) is 1. The average Bonchev–Trinajstić information content (AvgIpc) is 3.05. The van der Waals surface area contributed by atoms with Crippen LogP contribution in [0.3, 0.4) is 0 Å². The summed E-state index contributed by atoms with van der Waals surface area (Å²) in [7, 11) is 0. The molecule has 0 bridgehead atoms. The molecule has 1 aromatic heterocycles. The fraction of sp³-hybridized carbons (Fsp3) is 0.459. The molecule has 1 saturated heterocycles. The second kappa shape index (κ2) is 16.9. The maximum atomic E-state index is 15.3. The molecule has 12 heteroatoms. The lowest BCUT2D eigenvalue weighted by Crippen LogP contribution is -2.55. The Labute approximate surface area is 284 Å². The minimum Gasteiger partial charge on any atom is -0.463 e. The molecule has 1 amide bonds. The number of morpholine rings is 1. The van der Waals surface area contributed by atoms with Gasteiger partial charge in [-0.05, 0) is 86.6 Å². The number of aromatic nitrogens is 1. The number of ether oxygens (including phenoxy) is 3. The highest BCUT2D eigenvalue weighted by Gasteiger charge is 2.36. The average molecular weight is 684 g/mol. The lowest BCUT2D eigenvalue weighted by atomic mass is 9.82. The van der Waals surface area contributed by atoms with E-state index < -0.39 is 59.0 Å². The first-order chi connectivity index (χ1) is 23.3. The lowest BCUT2D eigenvalue weighted by Gasteiger charge is -2.40. The number of esters is 1. The van der Waals surface area contributed by atoms with E-state index in [1.807, 2.05) is 6.92 Å². The van der Waals surface area contributed by atoms with Crippen molar-refractivity contribution in [3.8, 4) is 0 Å². The van der Waals surface area contributed by atoms with Crippen LogP contribution in [0.2, 0.25) is 0 Å². The van der Waals surface area contributed by atoms with Crippen molar-refractivity contribution in [1.29, 1.82) is 0 Å². The summed E-state index contributed by atoms with van der Waals surface area (Å²) in [6.45, 7) is 7.27. The number of amides is 1. The van der Waals surface area contributed by atoms with E-state index in [0.29, 0.717) is 29.5 Å². The van der Waals surface area contributed by atoms with Crippen LogP contribution in [0.4, 0.5) is 18.0 Å². The topological polar surface area (TPSA) is 121 Å². The molecule has 2 aromatic carbocycles. The zero-order chi connectivity index (χ0) is 35.7. The van der Waals surface area contributed by atoms with Crippen molar-refractivity contribution < 1.29 is 41.8 Å². The molecule has 0 spiro atoms. The van der Waals surface area contributed by atoms with E-state index in [2.05, 4.69) is 4.98 Å². The Bertz CT molecular complexity index is 1530. The molecule has 0 radical (unpaired) electrons. The van der Waals surface area contributed by atoms with Gasteiger partial charge < -0.3 is 19.9 Å². The third kappa shape index (κ3) is 10.6. The molecule has 3 atom stereocenters. The number of halogens is 3. The van der Waals surface area contributed by atoms with Gasteiger partial charge in [-0.2, -0.15) is 0 Å². The summed E-state index contributed by atoms with van der Waals surface area (Å²) in [4.78, 5) is 44.3. The van der Waals surface area contributed by atoms with Gasteiger partial charge in [-0.15, -0.1) is 0 Å².